The summed E-state index contributed by atoms with van der Waals surface area (Å²) in [6.07, 6.45) is 0.859. The number of thioether (sulfide) groups is 1. The maximum atomic E-state index is 12.4. The van der Waals surface area contributed by atoms with E-state index in [-0.39, 0.29) is 12.8 Å². The molecule has 4 atom stereocenters. The van der Waals surface area contributed by atoms with E-state index in [0.717, 1.165) is 0 Å². The molecule has 31 heavy (non-hydrogen) atoms. The molecule has 0 fully saturated rings. The van der Waals surface area contributed by atoms with Gasteiger partial charge in [-0.15, -0.1) is 0 Å². The fourth-order valence-corrected chi connectivity index (χ4v) is 2.75. The van der Waals surface area contributed by atoms with Crippen molar-refractivity contribution in [3.8, 4) is 0 Å². The van der Waals surface area contributed by atoms with Crippen LogP contribution in [0.2, 0.25) is 0 Å². The molecule has 0 aromatic carbocycles. The Labute approximate surface area is 183 Å². The summed E-state index contributed by atoms with van der Waals surface area (Å²) in [6.45, 7) is 1.24. The van der Waals surface area contributed by atoms with Crippen LogP contribution in [0, 0.1) is 0 Å². The van der Waals surface area contributed by atoms with Crippen LogP contribution in [0.1, 0.15) is 32.6 Å². The third kappa shape index (κ3) is 11.8. The number of carboxylic acids is 2. The summed E-state index contributed by atoms with van der Waals surface area (Å²) in [5, 5.41) is 24.7. The second-order valence-electron chi connectivity index (χ2n) is 6.68. The summed E-state index contributed by atoms with van der Waals surface area (Å²) in [5.41, 5.74) is 10.7. The van der Waals surface area contributed by atoms with E-state index in [1.165, 1.54) is 18.7 Å². The molecule has 0 rings (SSSR count). The first kappa shape index (κ1) is 28.1. The molecule has 0 bridgehead atoms. The summed E-state index contributed by atoms with van der Waals surface area (Å²) in [7, 11) is 0. The van der Waals surface area contributed by atoms with Gasteiger partial charge in [0, 0.05) is 6.42 Å². The zero-order valence-corrected chi connectivity index (χ0v) is 18.1. The lowest BCUT2D eigenvalue weighted by Crippen LogP contribution is -2.56. The lowest BCUT2D eigenvalue weighted by Gasteiger charge is -2.22. The lowest BCUT2D eigenvalue weighted by molar-refractivity contribution is -0.143. The van der Waals surface area contributed by atoms with Gasteiger partial charge < -0.3 is 37.6 Å². The Morgan fingerprint density at radius 2 is 1.48 bits per heavy atom. The molecule has 0 saturated carbocycles. The fraction of sp³-hybridized carbons (Fsp3) is 0.647. The van der Waals surface area contributed by atoms with E-state index >= 15 is 0 Å². The van der Waals surface area contributed by atoms with Crippen LogP contribution < -0.4 is 27.4 Å². The first-order valence-corrected chi connectivity index (χ1v) is 10.7. The van der Waals surface area contributed by atoms with Gasteiger partial charge in [-0.1, -0.05) is 0 Å². The predicted octanol–water partition coefficient (Wildman–Crippen LogP) is -2.63. The van der Waals surface area contributed by atoms with Crippen molar-refractivity contribution >= 4 is 47.3 Å². The summed E-state index contributed by atoms with van der Waals surface area (Å²) >= 11 is 1.46. The van der Waals surface area contributed by atoms with Crippen molar-refractivity contribution in [2.75, 3.05) is 12.0 Å². The van der Waals surface area contributed by atoms with Crippen LogP contribution in [0.15, 0.2) is 0 Å². The first-order chi connectivity index (χ1) is 14.4. The quantitative estimate of drug-likeness (QED) is 0.133. The van der Waals surface area contributed by atoms with Crippen molar-refractivity contribution < 1.29 is 39.0 Å². The largest absolute Gasteiger partial charge is 0.481 e. The van der Waals surface area contributed by atoms with E-state index in [9.17, 15) is 28.8 Å². The van der Waals surface area contributed by atoms with E-state index < -0.39 is 66.2 Å². The van der Waals surface area contributed by atoms with E-state index in [1.807, 2.05) is 6.26 Å². The van der Waals surface area contributed by atoms with Gasteiger partial charge in [0.15, 0.2) is 0 Å². The molecule has 14 heteroatoms. The van der Waals surface area contributed by atoms with Crippen molar-refractivity contribution in [1.82, 2.24) is 16.0 Å². The highest BCUT2D eigenvalue weighted by Gasteiger charge is 2.29. The number of hydrogen-bond acceptors (Lipinski definition) is 8. The standard InChI is InChI=1S/C17H29N5O8S/c1-8(14(26)21-10(17(29)30)3-4-12(19)23)20-16(28)11(7-13(24)25)22-15(27)9(18)5-6-31-2/h8-11H,3-7,18H2,1-2H3,(H2,19,23)(H,20,28)(H,21,26)(H,22,27)(H,24,25)(H,29,30). The molecular formula is C17H29N5O8S. The molecule has 0 heterocycles. The number of primary amides is 1. The Hall–Kier alpha value is -2.87. The van der Waals surface area contributed by atoms with E-state index in [0.29, 0.717) is 12.2 Å². The van der Waals surface area contributed by atoms with Gasteiger partial charge in [0.1, 0.15) is 18.1 Å². The molecule has 0 spiro atoms. The number of aliphatic carboxylic acids is 2. The van der Waals surface area contributed by atoms with Gasteiger partial charge in [0.2, 0.25) is 23.6 Å². The van der Waals surface area contributed by atoms with Gasteiger partial charge in [-0.3, -0.25) is 24.0 Å². The average molecular weight is 464 g/mol. The van der Waals surface area contributed by atoms with E-state index in [4.69, 9.17) is 21.7 Å². The minimum Gasteiger partial charge on any atom is -0.481 e. The van der Waals surface area contributed by atoms with Crippen molar-refractivity contribution in [2.24, 2.45) is 11.5 Å². The van der Waals surface area contributed by atoms with Crippen molar-refractivity contribution in [1.29, 1.82) is 0 Å². The molecule has 4 amide bonds. The SMILES string of the molecule is CSCCC(N)C(=O)NC(CC(=O)O)C(=O)NC(C)C(=O)NC(CCC(N)=O)C(=O)O. The monoisotopic (exact) mass is 463 g/mol. The number of carbonyl (C=O) groups excluding carboxylic acids is 4. The molecule has 0 aliphatic heterocycles. The molecule has 176 valence electrons. The van der Waals surface area contributed by atoms with Crippen LogP contribution >= 0.6 is 11.8 Å². The molecule has 0 saturated heterocycles. The second kappa shape index (κ2) is 14.2. The second-order valence-corrected chi connectivity index (χ2v) is 7.67. The van der Waals surface area contributed by atoms with Gasteiger partial charge >= 0.3 is 11.9 Å². The molecule has 9 N–H and O–H groups in total. The van der Waals surface area contributed by atoms with Crippen LogP contribution in [0.3, 0.4) is 0 Å². The van der Waals surface area contributed by atoms with Crippen molar-refractivity contribution in [3.63, 3.8) is 0 Å². The Bertz CT molecular complexity index is 689. The fourth-order valence-electron chi connectivity index (χ4n) is 2.26. The number of carboxylic acid groups (broad SMARTS) is 2. The van der Waals surface area contributed by atoms with Crippen molar-refractivity contribution in [2.45, 2.75) is 56.8 Å². The maximum absolute atomic E-state index is 12.4. The maximum Gasteiger partial charge on any atom is 0.326 e. The topological polar surface area (TPSA) is 231 Å². The normalized spacial score (nSPS) is 14.4. The van der Waals surface area contributed by atoms with E-state index in [2.05, 4.69) is 16.0 Å². The van der Waals surface area contributed by atoms with Crippen molar-refractivity contribution in [3.05, 3.63) is 0 Å². The number of hydrogen-bond donors (Lipinski definition) is 7. The zero-order valence-electron chi connectivity index (χ0n) is 17.3. The van der Waals surface area contributed by atoms with E-state index in [1.54, 1.807) is 0 Å². The smallest absolute Gasteiger partial charge is 0.326 e. The molecule has 13 nitrogen and oxygen atoms in total. The highest BCUT2D eigenvalue weighted by molar-refractivity contribution is 7.98. The zero-order chi connectivity index (χ0) is 24.1. The predicted molar refractivity (Wildman–Crippen MR) is 111 cm³/mol. The average Bonchev–Trinajstić information content (AvgIpc) is 2.67. The number of amides is 4. The number of rotatable bonds is 15. The Morgan fingerprint density at radius 3 is 1.97 bits per heavy atom. The Kier molecular flexibility index (Phi) is 12.9. The minimum atomic E-state index is -1.49. The molecule has 0 aromatic heterocycles. The lowest BCUT2D eigenvalue weighted by atomic mass is 10.1. The Balaban J connectivity index is 5.03. The van der Waals surface area contributed by atoms with Crippen LogP contribution in [-0.4, -0.2) is 82.0 Å². The summed E-state index contributed by atoms with van der Waals surface area (Å²) in [4.78, 5) is 69.8. The highest BCUT2D eigenvalue weighted by atomic mass is 32.2. The minimum absolute atomic E-state index is 0.247. The third-order valence-corrected chi connectivity index (χ3v) is 4.67. The molecule has 0 aliphatic carbocycles. The summed E-state index contributed by atoms with van der Waals surface area (Å²) < 4.78 is 0. The summed E-state index contributed by atoms with van der Waals surface area (Å²) in [6, 6.07) is -5.12. The van der Waals surface area contributed by atoms with Gasteiger partial charge in [0.05, 0.1) is 12.5 Å². The van der Waals surface area contributed by atoms with Gasteiger partial charge in [-0.05, 0) is 31.8 Å². The van der Waals surface area contributed by atoms with Crippen LogP contribution in [0.5, 0.6) is 0 Å². The highest BCUT2D eigenvalue weighted by Crippen LogP contribution is 2.02. The molecule has 0 aromatic rings. The van der Waals surface area contributed by atoms with Crippen LogP contribution in [-0.2, 0) is 28.8 Å². The molecule has 4 unspecified atom stereocenters. The summed E-state index contributed by atoms with van der Waals surface area (Å²) in [5.74, 6) is -5.49. The first-order valence-electron chi connectivity index (χ1n) is 9.27. The Morgan fingerprint density at radius 1 is 0.903 bits per heavy atom. The third-order valence-electron chi connectivity index (χ3n) is 4.03. The molecule has 0 aliphatic rings. The van der Waals surface area contributed by atoms with Crippen LogP contribution in [0.25, 0.3) is 0 Å². The van der Waals surface area contributed by atoms with Gasteiger partial charge in [0.25, 0.3) is 0 Å². The number of carbonyl (C=O) groups is 6. The van der Waals surface area contributed by atoms with Gasteiger partial charge in [-0.25, -0.2) is 4.79 Å². The number of nitrogens with two attached hydrogens (primary N) is 2. The number of nitrogens with one attached hydrogen (secondary N) is 3. The van der Waals surface area contributed by atoms with Crippen LogP contribution in [0.4, 0.5) is 0 Å². The van der Waals surface area contributed by atoms with Gasteiger partial charge in [-0.2, -0.15) is 11.8 Å². The molecule has 0 radical (unpaired) electrons. The molecular weight excluding hydrogens is 434 g/mol.